The maximum absolute atomic E-state index is 12.0. The summed E-state index contributed by atoms with van der Waals surface area (Å²) >= 11 is 5.87. The predicted octanol–water partition coefficient (Wildman–Crippen LogP) is 2.68. The number of aliphatic carboxylic acids is 1. The molecule has 1 unspecified atom stereocenters. The van der Waals surface area contributed by atoms with E-state index in [9.17, 15) is 9.59 Å². The van der Waals surface area contributed by atoms with Gasteiger partial charge in [-0.25, -0.2) is 0 Å². The fourth-order valence-corrected chi connectivity index (χ4v) is 2.41. The Kier molecular flexibility index (Phi) is 4.14. The normalized spacial score (nSPS) is 22.4. The van der Waals surface area contributed by atoms with Crippen molar-refractivity contribution >= 4 is 29.6 Å². The third kappa shape index (κ3) is 3.20. The molecular formula is C15H16ClNO3. The third-order valence-electron chi connectivity index (χ3n) is 3.57. The summed E-state index contributed by atoms with van der Waals surface area (Å²) < 4.78 is 0. The van der Waals surface area contributed by atoms with Crippen LogP contribution >= 0.6 is 11.6 Å². The first-order valence-electron chi connectivity index (χ1n) is 6.37. The number of carbonyl (C=O) groups excluding carboxylic acids is 1. The highest BCUT2D eigenvalue weighted by atomic mass is 35.5. The van der Waals surface area contributed by atoms with Crippen LogP contribution < -0.4 is 0 Å². The van der Waals surface area contributed by atoms with E-state index < -0.39 is 11.4 Å². The molecule has 1 N–H and O–H groups in total. The molecule has 1 amide bonds. The Labute approximate surface area is 122 Å². The molecule has 5 heteroatoms. The van der Waals surface area contributed by atoms with Gasteiger partial charge in [0, 0.05) is 24.2 Å². The molecule has 1 aromatic rings. The van der Waals surface area contributed by atoms with Gasteiger partial charge >= 0.3 is 5.97 Å². The Morgan fingerprint density at radius 1 is 1.45 bits per heavy atom. The van der Waals surface area contributed by atoms with Gasteiger partial charge in [0.2, 0.25) is 5.91 Å². The minimum Gasteiger partial charge on any atom is -0.481 e. The molecule has 106 valence electrons. The minimum absolute atomic E-state index is 0.171. The number of hydrogen-bond acceptors (Lipinski definition) is 2. The SMILES string of the molecule is CC1(C(=O)O)CCN(C(=O)C=Cc2cccc(Cl)c2)C1. The number of carboxylic acid groups (broad SMARTS) is 1. The third-order valence-corrected chi connectivity index (χ3v) is 3.80. The van der Waals surface area contributed by atoms with Gasteiger partial charge in [-0.05, 0) is 37.1 Å². The number of hydrogen-bond donors (Lipinski definition) is 1. The molecule has 0 bridgehead atoms. The van der Waals surface area contributed by atoms with E-state index in [-0.39, 0.29) is 12.5 Å². The Bertz CT molecular complexity index is 570. The predicted molar refractivity (Wildman–Crippen MR) is 77.4 cm³/mol. The summed E-state index contributed by atoms with van der Waals surface area (Å²) in [6, 6.07) is 7.18. The van der Waals surface area contributed by atoms with Crippen molar-refractivity contribution in [1.29, 1.82) is 0 Å². The number of carbonyl (C=O) groups is 2. The number of rotatable bonds is 3. The average Bonchev–Trinajstić information content (AvgIpc) is 2.80. The van der Waals surface area contributed by atoms with Crippen LogP contribution in [0.15, 0.2) is 30.3 Å². The molecular weight excluding hydrogens is 278 g/mol. The van der Waals surface area contributed by atoms with E-state index in [4.69, 9.17) is 16.7 Å². The van der Waals surface area contributed by atoms with E-state index in [2.05, 4.69) is 0 Å². The van der Waals surface area contributed by atoms with Gasteiger partial charge in [-0.2, -0.15) is 0 Å². The van der Waals surface area contributed by atoms with Crippen molar-refractivity contribution < 1.29 is 14.7 Å². The minimum atomic E-state index is -0.855. The van der Waals surface area contributed by atoms with Crippen LogP contribution in [0.5, 0.6) is 0 Å². The molecule has 1 aromatic carbocycles. The molecule has 0 saturated carbocycles. The van der Waals surface area contributed by atoms with E-state index in [1.807, 2.05) is 12.1 Å². The largest absolute Gasteiger partial charge is 0.481 e. The molecule has 1 aliphatic heterocycles. The second kappa shape index (κ2) is 5.67. The van der Waals surface area contributed by atoms with E-state index in [0.29, 0.717) is 18.0 Å². The fraction of sp³-hybridized carbons (Fsp3) is 0.333. The maximum atomic E-state index is 12.0. The summed E-state index contributed by atoms with van der Waals surface area (Å²) in [6.07, 6.45) is 3.63. The van der Waals surface area contributed by atoms with Gasteiger partial charge in [0.15, 0.2) is 0 Å². The van der Waals surface area contributed by atoms with Gasteiger partial charge in [-0.3, -0.25) is 9.59 Å². The topological polar surface area (TPSA) is 57.6 Å². The Hall–Kier alpha value is -1.81. The van der Waals surface area contributed by atoms with Crippen molar-refractivity contribution in [2.75, 3.05) is 13.1 Å². The van der Waals surface area contributed by atoms with Crippen molar-refractivity contribution in [2.45, 2.75) is 13.3 Å². The molecule has 1 heterocycles. The molecule has 20 heavy (non-hydrogen) atoms. The first-order chi connectivity index (χ1) is 9.40. The summed E-state index contributed by atoms with van der Waals surface area (Å²) in [5, 5.41) is 9.75. The number of amides is 1. The van der Waals surface area contributed by atoms with Crippen molar-refractivity contribution in [2.24, 2.45) is 5.41 Å². The van der Waals surface area contributed by atoms with Crippen molar-refractivity contribution in [3.63, 3.8) is 0 Å². The zero-order chi connectivity index (χ0) is 14.8. The van der Waals surface area contributed by atoms with Crippen LogP contribution in [0.3, 0.4) is 0 Å². The van der Waals surface area contributed by atoms with Crippen LogP contribution in [0.25, 0.3) is 6.08 Å². The number of nitrogens with zero attached hydrogens (tertiary/aromatic N) is 1. The van der Waals surface area contributed by atoms with E-state index >= 15 is 0 Å². The van der Waals surface area contributed by atoms with Crippen LogP contribution in [0.2, 0.25) is 5.02 Å². The van der Waals surface area contributed by atoms with E-state index in [0.717, 1.165) is 5.56 Å². The number of likely N-dealkylation sites (tertiary alicyclic amines) is 1. The molecule has 0 radical (unpaired) electrons. The second-order valence-electron chi connectivity index (χ2n) is 5.26. The molecule has 0 spiro atoms. The number of halogens is 1. The average molecular weight is 294 g/mol. The number of carboxylic acids is 1. The molecule has 2 rings (SSSR count). The second-order valence-corrected chi connectivity index (χ2v) is 5.70. The molecule has 0 aliphatic carbocycles. The lowest BCUT2D eigenvalue weighted by Crippen LogP contribution is -2.34. The van der Waals surface area contributed by atoms with E-state index in [1.165, 1.54) is 6.08 Å². The zero-order valence-corrected chi connectivity index (χ0v) is 11.9. The Morgan fingerprint density at radius 2 is 2.20 bits per heavy atom. The van der Waals surface area contributed by atoms with Crippen molar-refractivity contribution in [3.8, 4) is 0 Å². The zero-order valence-electron chi connectivity index (χ0n) is 11.2. The smallest absolute Gasteiger partial charge is 0.311 e. The lowest BCUT2D eigenvalue weighted by molar-refractivity contribution is -0.147. The van der Waals surface area contributed by atoms with Gasteiger partial charge in [-0.15, -0.1) is 0 Å². The molecule has 1 saturated heterocycles. The highest BCUT2D eigenvalue weighted by Crippen LogP contribution is 2.30. The van der Waals surface area contributed by atoms with Crippen LogP contribution in [-0.4, -0.2) is 35.0 Å². The first kappa shape index (κ1) is 14.6. The summed E-state index contributed by atoms with van der Waals surface area (Å²) in [6.45, 7) is 2.39. The standard InChI is InChI=1S/C15H16ClNO3/c1-15(14(19)20)7-8-17(10-15)13(18)6-5-11-3-2-4-12(16)9-11/h2-6,9H,7-8,10H2,1H3,(H,19,20). The summed E-state index contributed by atoms with van der Waals surface area (Å²) in [5.74, 6) is -1.03. The van der Waals surface area contributed by atoms with Gasteiger partial charge in [0.05, 0.1) is 5.41 Å². The molecule has 1 fully saturated rings. The fourth-order valence-electron chi connectivity index (χ4n) is 2.21. The van der Waals surface area contributed by atoms with Crippen LogP contribution in [0.1, 0.15) is 18.9 Å². The molecule has 1 aliphatic rings. The van der Waals surface area contributed by atoms with Crippen LogP contribution in [-0.2, 0) is 9.59 Å². The molecule has 1 atom stereocenters. The quantitative estimate of drug-likeness (QED) is 0.872. The van der Waals surface area contributed by atoms with Crippen molar-refractivity contribution in [1.82, 2.24) is 4.90 Å². The highest BCUT2D eigenvalue weighted by molar-refractivity contribution is 6.30. The van der Waals surface area contributed by atoms with Crippen LogP contribution in [0.4, 0.5) is 0 Å². The summed E-state index contributed by atoms with van der Waals surface area (Å²) in [5.41, 5.74) is 0.00515. The van der Waals surface area contributed by atoms with E-state index in [1.54, 1.807) is 30.0 Å². The Balaban J connectivity index is 2.01. The lowest BCUT2D eigenvalue weighted by Gasteiger charge is -2.18. The lowest BCUT2D eigenvalue weighted by atomic mass is 9.90. The number of benzene rings is 1. The highest BCUT2D eigenvalue weighted by Gasteiger charge is 2.41. The van der Waals surface area contributed by atoms with Crippen LogP contribution in [0, 0.1) is 5.41 Å². The molecule has 0 aromatic heterocycles. The van der Waals surface area contributed by atoms with Gasteiger partial charge in [-0.1, -0.05) is 23.7 Å². The molecule has 4 nitrogen and oxygen atoms in total. The monoisotopic (exact) mass is 293 g/mol. The van der Waals surface area contributed by atoms with Crippen molar-refractivity contribution in [3.05, 3.63) is 40.9 Å². The van der Waals surface area contributed by atoms with Gasteiger partial charge in [0.1, 0.15) is 0 Å². The van der Waals surface area contributed by atoms with Gasteiger partial charge < -0.3 is 10.0 Å². The Morgan fingerprint density at radius 3 is 2.80 bits per heavy atom. The first-order valence-corrected chi connectivity index (χ1v) is 6.74. The maximum Gasteiger partial charge on any atom is 0.311 e. The summed E-state index contributed by atoms with van der Waals surface area (Å²) in [4.78, 5) is 24.7. The summed E-state index contributed by atoms with van der Waals surface area (Å²) in [7, 11) is 0. The van der Waals surface area contributed by atoms with Gasteiger partial charge in [0.25, 0.3) is 0 Å².